The van der Waals surface area contributed by atoms with Crippen LogP contribution >= 0.6 is 0 Å². The van der Waals surface area contributed by atoms with Crippen molar-refractivity contribution in [1.82, 2.24) is 4.90 Å². The number of hydrogen-bond donors (Lipinski definition) is 1. The highest BCUT2D eigenvalue weighted by Gasteiger charge is 2.41. The van der Waals surface area contributed by atoms with Crippen LogP contribution < -0.4 is 0 Å². The van der Waals surface area contributed by atoms with Gasteiger partial charge >= 0.3 is 0 Å². The molecule has 2 nitrogen and oxygen atoms in total. The molecule has 2 heteroatoms. The van der Waals surface area contributed by atoms with Crippen molar-refractivity contribution in [3.8, 4) is 0 Å². The largest absolute Gasteiger partial charge is 0.385 e. The Hall–Kier alpha value is -0.860. The van der Waals surface area contributed by atoms with Crippen LogP contribution in [-0.4, -0.2) is 29.6 Å². The summed E-state index contributed by atoms with van der Waals surface area (Å²) in [5, 5.41) is 10.8. The van der Waals surface area contributed by atoms with Crippen LogP contribution in [0.4, 0.5) is 0 Å². The Balaban J connectivity index is 1.75. The maximum absolute atomic E-state index is 10.8. The van der Waals surface area contributed by atoms with E-state index >= 15 is 0 Å². The van der Waals surface area contributed by atoms with Gasteiger partial charge in [-0.15, -0.1) is 0 Å². The molecule has 2 unspecified atom stereocenters. The summed E-state index contributed by atoms with van der Waals surface area (Å²) in [7, 11) is 0. The maximum atomic E-state index is 10.8. The van der Waals surface area contributed by atoms with Gasteiger partial charge in [-0.2, -0.15) is 0 Å². The predicted octanol–water partition coefficient (Wildman–Crippen LogP) is 2.55. The monoisotopic (exact) mass is 245 g/mol. The number of aliphatic hydroxyl groups is 1. The molecule has 18 heavy (non-hydrogen) atoms. The van der Waals surface area contributed by atoms with Gasteiger partial charge in [-0.3, -0.25) is 0 Å². The third-order valence-electron chi connectivity index (χ3n) is 4.75. The second kappa shape index (κ2) is 4.67. The van der Waals surface area contributed by atoms with E-state index in [4.69, 9.17) is 0 Å². The van der Waals surface area contributed by atoms with Crippen LogP contribution in [0.25, 0.3) is 0 Å². The van der Waals surface area contributed by atoms with Crippen LogP contribution in [0.5, 0.6) is 0 Å². The molecule has 1 aromatic carbocycles. The molecule has 98 valence electrons. The summed E-state index contributed by atoms with van der Waals surface area (Å²) in [6, 6.07) is 8.38. The van der Waals surface area contributed by atoms with E-state index in [2.05, 4.69) is 23.1 Å². The summed E-state index contributed by atoms with van der Waals surface area (Å²) in [4.78, 5) is 2.54. The van der Waals surface area contributed by atoms with Crippen LogP contribution in [0.15, 0.2) is 24.3 Å². The van der Waals surface area contributed by atoms with Crippen LogP contribution in [-0.2, 0) is 12.0 Å². The lowest BCUT2D eigenvalue weighted by Crippen LogP contribution is -2.40. The fourth-order valence-electron chi connectivity index (χ4n) is 3.57. The highest BCUT2D eigenvalue weighted by atomic mass is 16.3. The minimum absolute atomic E-state index is 0.355. The van der Waals surface area contributed by atoms with Gasteiger partial charge in [0.1, 0.15) is 0 Å². The first-order chi connectivity index (χ1) is 8.68. The Morgan fingerprint density at radius 2 is 1.94 bits per heavy atom. The highest BCUT2D eigenvalue weighted by molar-refractivity contribution is 5.38. The van der Waals surface area contributed by atoms with Gasteiger partial charge in [0.15, 0.2) is 0 Å². The minimum Gasteiger partial charge on any atom is -0.385 e. The summed E-state index contributed by atoms with van der Waals surface area (Å²) in [6.07, 6.45) is 5.04. The maximum Gasteiger partial charge on any atom is 0.0914 e. The van der Waals surface area contributed by atoms with Crippen molar-refractivity contribution in [1.29, 1.82) is 0 Å². The second-order valence-electron chi connectivity index (χ2n) is 6.07. The van der Waals surface area contributed by atoms with E-state index in [1.54, 1.807) is 0 Å². The predicted molar refractivity (Wildman–Crippen MR) is 73.5 cm³/mol. The van der Waals surface area contributed by atoms with E-state index in [-0.39, 0.29) is 0 Å². The molecule has 0 radical (unpaired) electrons. The Labute approximate surface area is 110 Å². The zero-order valence-corrected chi connectivity index (χ0v) is 11.2. The van der Waals surface area contributed by atoms with Gasteiger partial charge in [-0.25, -0.2) is 0 Å². The lowest BCUT2D eigenvalue weighted by Gasteiger charge is -2.34. The van der Waals surface area contributed by atoms with Gasteiger partial charge in [0.2, 0.25) is 0 Å². The fourth-order valence-corrected chi connectivity index (χ4v) is 3.57. The molecular formula is C16H23NO. The van der Waals surface area contributed by atoms with E-state index in [0.717, 1.165) is 18.5 Å². The Morgan fingerprint density at radius 1 is 1.22 bits per heavy atom. The topological polar surface area (TPSA) is 23.5 Å². The van der Waals surface area contributed by atoms with Crippen LogP contribution in [0.3, 0.4) is 0 Å². The van der Waals surface area contributed by atoms with Crippen molar-refractivity contribution in [2.45, 2.75) is 38.2 Å². The summed E-state index contributed by atoms with van der Waals surface area (Å²) >= 11 is 0. The van der Waals surface area contributed by atoms with Crippen molar-refractivity contribution in [3.05, 3.63) is 35.4 Å². The molecular weight excluding hydrogens is 222 g/mol. The molecule has 1 fully saturated rings. The number of fused-ring (bicyclic) bond motifs is 1. The molecule has 1 heterocycles. The molecule has 1 aromatic rings. The number of benzene rings is 1. The fraction of sp³-hybridized carbons (Fsp3) is 0.625. The first-order valence-corrected chi connectivity index (χ1v) is 7.21. The summed E-state index contributed by atoms with van der Waals surface area (Å²) < 4.78 is 0. The molecule has 0 aromatic heterocycles. The normalized spacial score (nSPS) is 32.4. The van der Waals surface area contributed by atoms with Crippen molar-refractivity contribution >= 4 is 0 Å². The van der Waals surface area contributed by atoms with Gasteiger partial charge in [0.05, 0.1) is 5.60 Å². The summed E-state index contributed by atoms with van der Waals surface area (Å²) in [6.45, 7) is 5.46. The Bertz CT molecular complexity index is 421. The molecule has 0 spiro atoms. The molecule has 0 amide bonds. The third-order valence-corrected chi connectivity index (χ3v) is 4.75. The summed E-state index contributed by atoms with van der Waals surface area (Å²) in [5.41, 5.74) is 1.84. The number of likely N-dealkylation sites (tertiary alicyclic amines) is 1. The number of nitrogens with zero attached hydrogens (tertiary/aromatic N) is 1. The zero-order valence-electron chi connectivity index (χ0n) is 11.2. The molecule has 3 rings (SSSR count). The van der Waals surface area contributed by atoms with Crippen molar-refractivity contribution in [2.24, 2.45) is 5.92 Å². The average molecular weight is 245 g/mol. The first kappa shape index (κ1) is 12.2. The molecule has 1 N–H and O–H groups in total. The van der Waals surface area contributed by atoms with Crippen molar-refractivity contribution in [3.63, 3.8) is 0 Å². The van der Waals surface area contributed by atoms with Crippen molar-refractivity contribution in [2.75, 3.05) is 19.6 Å². The van der Waals surface area contributed by atoms with Crippen LogP contribution in [0.2, 0.25) is 0 Å². The van der Waals surface area contributed by atoms with E-state index in [0.29, 0.717) is 5.92 Å². The molecule has 0 bridgehead atoms. The van der Waals surface area contributed by atoms with Gasteiger partial charge in [-0.1, -0.05) is 30.7 Å². The quantitative estimate of drug-likeness (QED) is 0.865. The molecule has 1 aliphatic carbocycles. The van der Waals surface area contributed by atoms with Crippen LogP contribution in [0, 0.1) is 5.92 Å². The number of piperidine rings is 1. The summed E-state index contributed by atoms with van der Waals surface area (Å²) in [5.74, 6) is 0.355. The highest BCUT2D eigenvalue weighted by Crippen LogP contribution is 2.41. The van der Waals surface area contributed by atoms with Crippen LogP contribution in [0.1, 0.15) is 37.3 Å². The zero-order chi connectivity index (χ0) is 12.6. The van der Waals surface area contributed by atoms with E-state index in [1.165, 1.54) is 37.9 Å². The number of rotatable bonds is 2. The third kappa shape index (κ3) is 2.08. The molecule has 1 aliphatic heterocycles. The standard InChI is InChI=1S/C16H23NO/c1-16(18)14(12-17-9-5-2-6-10-17)11-13-7-3-4-8-15(13)16/h3-4,7-8,14,18H,2,5-6,9-12H2,1H3. The first-order valence-electron chi connectivity index (χ1n) is 7.21. The smallest absolute Gasteiger partial charge is 0.0914 e. The molecule has 2 atom stereocenters. The lowest BCUT2D eigenvalue weighted by atomic mass is 9.88. The van der Waals surface area contributed by atoms with E-state index < -0.39 is 5.60 Å². The van der Waals surface area contributed by atoms with E-state index in [1.807, 2.05) is 13.0 Å². The second-order valence-corrected chi connectivity index (χ2v) is 6.07. The minimum atomic E-state index is -0.645. The van der Waals surface area contributed by atoms with Gasteiger partial charge < -0.3 is 10.0 Å². The van der Waals surface area contributed by atoms with Gasteiger partial charge in [0, 0.05) is 12.5 Å². The molecule has 0 saturated carbocycles. The molecule has 1 saturated heterocycles. The van der Waals surface area contributed by atoms with Gasteiger partial charge in [0.25, 0.3) is 0 Å². The van der Waals surface area contributed by atoms with Crippen molar-refractivity contribution < 1.29 is 5.11 Å². The molecule has 2 aliphatic rings. The van der Waals surface area contributed by atoms with E-state index in [9.17, 15) is 5.11 Å². The SMILES string of the molecule is CC1(O)c2ccccc2CC1CN1CCCCC1. The Morgan fingerprint density at radius 3 is 2.67 bits per heavy atom. The lowest BCUT2D eigenvalue weighted by molar-refractivity contribution is -0.00968. The van der Waals surface area contributed by atoms with Gasteiger partial charge in [-0.05, 0) is 50.4 Å². The number of hydrogen-bond acceptors (Lipinski definition) is 2. The Kier molecular flexibility index (Phi) is 3.16. The average Bonchev–Trinajstić information content (AvgIpc) is 2.63.